The molecule has 0 unspecified atom stereocenters. The Kier molecular flexibility index (Phi) is 4.00. The van der Waals surface area contributed by atoms with Crippen molar-refractivity contribution in [2.45, 2.75) is 19.6 Å². The zero-order chi connectivity index (χ0) is 10.4. The van der Waals surface area contributed by atoms with Gasteiger partial charge in [0.2, 0.25) is 0 Å². The van der Waals surface area contributed by atoms with Crippen molar-refractivity contribution in [2.75, 3.05) is 7.11 Å². The van der Waals surface area contributed by atoms with Crippen LogP contribution < -0.4 is 5.84 Å². The molecule has 0 aliphatic carbocycles. The summed E-state index contributed by atoms with van der Waals surface area (Å²) >= 11 is 0. The van der Waals surface area contributed by atoms with Gasteiger partial charge in [-0.2, -0.15) is 5.11 Å². The Labute approximate surface area is 83.0 Å². The van der Waals surface area contributed by atoms with Gasteiger partial charge in [0.05, 0.1) is 17.5 Å². The first-order chi connectivity index (χ1) is 6.77. The summed E-state index contributed by atoms with van der Waals surface area (Å²) in [5.41, 5.74) is 1.72. The standard InChI is InChI=1S/C9H14N4O/c1-7(14-2)9-5-3-4-8(12-9)6-11-13-10/h3-5,7H,6H2,1-2H3,(H2,10,11)/t7-/m1/s1. The van der Waals surface area contributed by atoms with Crippen molar-refractivity contribution in [2.24, 2.45) is 16.2 Å². The molecule has 0 amide bonds. The number of hydrogen-bond acceptors (Lipinski definition) is 4. The van der Waals surface area contributed by atoms with E-state index in [1.54, 1.807) is 7.11 Å². The number of rotatable bonds is 4. The van der Waals surface area contributed by atoms with Crippen molar-refractivity contribution in [3.05, 3.63) is 29.6 Å². The topological polar surface area (TPSA) is 72.9 Å². The summed E-state index contributed by atoms with van der Waals surface area (Å²) in [5.74, 6) is 4.91. The minimum absolute atomic E-state index is 0.00948. The monoisotopic (exact) mass is 194 g/mol. The number of methoxy groups -OCH3 is 1. The molecule has 0 aliphatic heterocycles. The van der Waals surface area contributed by atoms with Crippen molar-refractivity contribution >= 4 is 0 Å². The van der Waals surface area contributed by atoms with Crippen LogP contribution in [0, 0.1) is 0 Å². The van der Waals surface area contributed by atoms with Crippen molar-refractivity contribution in [1.29, 1.82) is 0 Å². The molecule has 1 rings (SSSR count). The summed E-state index contributed by atoms with van der Waals surface area (Å²) in [6.45, 7) is 2.34. The van der Waals surface area contributed by atoms with E-state index >= 15 is 0 Å². The first-order valence-electron chi connectivity index (χ1n) is 4.33. The number of hydrogen-bond donors (Lipinski definition) is 1. The molecular weight excluding hydrogens is 180 g/mol. The normalized spacial score (nSPS) is 13.3. The van der Waals surface area contributed by atoms with Crippen molar-refractivity contribution < 1.29 is 4.74 Å². The maximum Gasteiger partial charge on any atom is 0.104 e. The molecule has 1 aromatic heterocycles. The molecule has 0 saturated heterocycles. The van der Waals surface area contributed by atoms with Gasteiger partial charge in [-0.1, -0.05) is 11.3 Å². The van der Waals surface area contributed by atoms with E-state index in [2.05, 4.69) is 15.3 Å². The number of pyridine rings is 1. The van der Waals surface area contributed by atoms with Crippen molar-refractivity contribution in [3.8, 4) is 0 Å². The number of ether oxygens (including phenoxy) is 1. The van der Waals surface area contributed by atoms with Crippen LogP contribution in [0.2, 0.25) is 0 Å². The second-order valence-electron chi connectivity index (χ2n) is 2.85. The minimum Gasteiger partial charge on any atom is -0.375 e. The zero-order valence-corrected chi connectivity index (χ0v) is 8.34. The van der Waals surface area contributed by atoms with Crippen LogP contribution in [0.3, 0.4) is 0 Å². The van der Waals surface area contributed by atoms with Gasteiger partial charge in [0, 0.05) is 7.11 Å². The lowest BCUT2D eigenvalue weighted by Gasteiger charge is -2.08. The van der Waals surface area contributed by atoms with E-state index < -0.39 is 0 Å². The second kappa shape index (κ2) is 5.29. The zero-order valence-electron chi connectivity index (χ0n) is 8.34. The lowest BCUT2D eigenvalue weighted by molar-refractivity contribution is 0.116. The van der Waals surface area contributed by atoms with E-state index in [0.29, 0.717) is 6.54 Å². The lowest BCUT2D eigenvalue weighted by Crippen LogP contribution is -2.01. The smallest absolute Gasteiger partial charge is 0.104 e. The van der Waals surface area contributed by atoms with Gasteiger partial charge in [-0.3, -0.25) is 4.98 Å². The van der Waals surface area contributed by atoms with Gasteiger partial charge in [-0.25, -0.2) is 0 Å². The van der Waals surface area contributed by atoms with Gasteiger partial charge in [0.15, 0.2) is 0 Å². The molecule has 14 heavy (non-hydrogen) atoms. The Bertz CT molecular complexity index is 313. The molecule has 2 N–H and O–H groups in total. The van der Waals surface area contributed by atoms with Gasteiger partial charge in [0.25, 0.3) is 0 Å². The molecule has 0 fully saturated rings. The molecule has 0 spiro atoms. The Hall–Kier alpha value is -1.49. The summed E-state index contributed by atoms with van der Waals surface area (Å²) in [7, 11) is 1.65. The largest absolute Gasteiger partial charge is 0.375 e. The van der Waals surface area contributed by atoms with Crippen LogP contribution in [0.5, 0.6) is 0 Å². The summed E-state index contributed by atoms with van der Waals surface area (Å²) in [5, 5.41) is 6.85. The molecule has 1 atom stereocenters. The average Bonchev–Trinajstić information content (AvgIpc) is 2.25. The minimum atomic E-state index is -0.00948. The summed E-state index contributed by atoms with van der Waals surface area (Å²) in [6.07, 6.45) is -0.00948. The SMILES string of the molecule is CO[C@H](C)c1cccc(CN=NN)n1. The summed E-state index contributed by atoms with van der Waals surface area (Å²) in [4.78, 5) is 4.35. The third-order valence-corrected chi connectivity index (χ3v) is 1.91. The molecular formula is C9H14N4O. The van der Waals surface area contributed by atoms with Gasteiger partial charge >= 0.3 is 0 Å². The van der Waals surface area contributed by atoms with E-state index in [1.807, 2.05) is 25.1 Å². The third kappa shape index (κ3) is 2.77. The van der Waals surface area contributed by atoms with E-state index in [1.165, 1.54) is 0 Å². The Balaban J connectivity index is 2.78. The molecule has 76 valence electrons. The number of aromatic nitrogens is 1. The molecule has 0 radical (unpaired) electrons. The fraction of sp³-hybridized carbons (Fsp3) is 0.444. The molecule has 5 heteroatoms. The molecule has 1 aromatic rings. The predicted octanol–water partition coefficient (Wildman–Crippen LogP) is 1.61. The Morgan fingerprint density at radius 3 is 3.00 bits per heavy atom. The third-order valence-electron chi connectivity index (χ3n) is 1.91. The quantitative estimate of drug-likeness (QED) is 0.449. The molecule has 0 bridgehead atoms. The first kappa shape index (κ1) is 10.6. The van der Waals surface area contributed by atoms with E-state index in [-0.39, 0.29) is 6.10 Å². The van der Waals surface area contributed by atoms with Crippen LogP contribution in [0.25, 0.3) is 0 Å². The predicted molar refractivity (Wildman–Crippen MR) is 52.4 cm³/mol. The van der Waals surface area contributed by atoms with Gasteiger partial charge in [-0.15, -0.1) is 0 Å². The summed E-state index contributed by atoms with van der Waals surface area (Å²) in [6, 6.07) is 5.71. The van der Waals surface area contributed by atoms with Crippen molar-refractivity contribution in [1.82, 2.24) is 4.98 Å². The van der Waals surface area contributed by atoms with Crippen LogP contribution in [0.15, 0.2) is 28.5 Å². The lowest BCUT2D eigenvalue weighted by atomic mass is 10.2. The molecule has 0 aliphatic rings. The van der Waals surface area contributed by atoms with Gasteiger partial charge < -0.3 is 10.6 Å². The van der Waals surface area contributed by atoms with E-state index in [4.69, 9.17) is 10.6 Å². The fourth-order valence-corrected chi connectivity index (χ4v) is 1.05. The van der Waals surface area contributed by atoms with Gasteiger partial charge in [-0.05, 0) is 19.1 Å². The highest BCUT2D eigenvalue weighted by Gasteiger charge is 2.05. The maximum atomic E-state index is 5.15. The number of nitrogens with zero attached hydrogens (tertiary/aromatic N) is 3. The molecule has 0 saturated carbocycles. The second-order valence-corrected chi connectivity index (χ2v) is 2.85. The number of nitrogens with two attached hydrogens (primary N) is 1. The average molecular weight is 194 g/mol. The fourth-order valence-electron chi connectivity index (χ4n) is 1.05. The Morgan fingerprint density at radius 2 is 2.36 bits per heavy atom. The van der Waals surface area contributed by atoms with Crippen LogP contribution in [0.1, 0.15) is 24.4 Å². The highest BCUT2D eigenvalue weighted by atomic mass is 16.5. The molecule has 1 heterocycles. The van der Waals surface area contributed by atoms with Crippen LogP contribution in [0.4, 0.5) is 0 Å². The highest BCUT2D eigenvalue weighted by molar-refractivity contribution is 5.12. The van der Waals surface area contributed by atoms with Crippen LogP contribution >= 0.6 is 0 Å². The van der Waals surface area contributed by atoms with Crippen molar-refractivity contribution in [3.63, 3.8) is 0 Å². The molecule has 5 nitrogen and oxygen atoms in total. The van der Waals surface area contributed by atoms with Gasteiger partial charge in [0.1, 0.15) is 6.54 Å². The Morgan fingerprint density at radius 1 is 1.57 bits per heavy atom. The summed E-state index contributed by atoms with van der Waals surface area (Å²) < 4.78 is 5.15. The first-order valence-corrected chi connectivity index (χ1v) is 4.33. The molecule has 0 aromatic carbocycles. The van der Waals surface area contributed by atoms with E-state index in [0.717, 1.165) is 11.4 Å². The van der Waals surface area contributed by atoms with E-state index in [9.17, 15) is 0 Å². The maximum absolute atomic E-state index is 5.15. The highest BCUT2D eigenvalue weighted by Crippen LogP contribution is 2.13. The van der Waals surface area contributed by atoms with Crippen LogP contribution in [-0.4, -0.2) is 12.1 Å². The van der Waals surface area contributed by atoms with Crippen LogP contribution in [-0.2, 0) is 11.3 Å².